The molecule has 0 unspecified atom stereocenters. The number of aromatic nitrogens is 1. The van der Waals surface area contributed by atoms with Gasteiger partial charge in [0.1, 0.15) is 0 Å². The second-order valence-electron chi connectivity index (χ2n) is 4.76. The van der Waals surface area contributed by atoms with E-state index in [1.54, 1.807) is 0 Å². The standard InChI is InChI=1S/C12H14F3NO3/c1-11(2,10(18)19-3)7-16-6-8(12(13,14)15)4-5-9(16)17/h4-6H,7H2,1-3H3. The Bertz CT molecular complexity index is 532. The molecule has 0 aromatic carbocycles. The lowest BCUT2D eigenvalue weighted by atomic mass is 9.93. The Morgan fingerprint density at radius 3 is 2.37 bits per heavy atom. The van der Waals surface area contributed by atoms with Crippen molar-refractivity contribution in [3.63, 3.8) is 0 Å². The molecule has 0 spiro atoms. The van der Waals surface area contributed by atoms with Gasteiger partial charge in [-0.3, -0.25) is 9.59 Å². The molecule has 0 amide bonds. The van der Waals surface area contributed by atoms with Crippen LogP contribution in [-0.4, -0.2) is 17.6 Å². The summed E-state index contributed by atoms with van der Waals surface area (Å²) >= 11 is 0. The number of alkyl halides is 3. The Hall–Kier alpha value is -1.79. The van der Waals surface area contributed by atoms with E-state index in [1.807, 2.05) is 0 Å². The second-order valence-corrected chi connectivity index (χ2v) is 4.76. The number of pyridine rings is 1. The van der Waals surface area contributed by atoms with Crippen molar-refractivity contribution in [2.24, 2.45) is 5.41 Å². The molecule has 1 heterocycles. The van der Waals surface area contributed by atoms with Gasteiger partial charge in [-0.05, 0) is 19.9 Å². The number of carbonyl (C=O) groups excluding carboxylic acids is 1. The van der Waals surface area contributed by atoms with Crippen LogP contribution >= 0.6 is 0 Å². The highest BCUT2D eigenvalue weighted by Crippen LogP contribution is 2.28. The third kappa shape index (κ3) is 3.59. The summed E-state index contributed by atoms with van der Waals surface area (Å²) in [6, 6.07) is 1.54. The Kier molecular flexibility index (Phi) is 4.07. The summed E-state index contributed by atoms with van der Waals surface area (Å²) in [7, 11) is 1.18. The van der Waals surface area contributed by atoms with Crippen LogP contribution in [0.2, 0.25) is 0 Å². The van der Waals surface area contributed by atoms with Crippen molar-refractivity contribution in [1.82, 2.24) is 4.57 Å². The van der Waals surface area contributed by atoms with Crippen LogP contribution in [0, 0.1) is 5.41 Å². The van der Waals surface area contributed by atoms with Crippen molar-refractivity contribution in [2.45, 2.75) is 26.6 Å². The molecule has 0 atom stereocenters. The fraction of sp³-hybridized carbons (Fsp3) is 0.500. The number of ether oxygens (including phenoxy) is 1. The Labute approximate surface area is 107 Å². The van der Waals surface area contributed by atoms with Crippen molar-refractivity contribution < 1.29 is 22.7 Å². The summed E-state index contributed by atoms with van der Waals surface area (Å²) in [6.45, 7) is 2.79. The molecule has 19 heavy (non-hydrogen) atoms. The quantitative estimate of drug-likeness (QED) is 0.795. The van der Waals surface area contributed by atoms with E-state index >= 15 is 0 Å². The van der Waals surface area contributed by atoms with Crippen LogP contribution in [0.5, 0.6) is 0 Å². The average Bonchev–Trinajstić information content (AvgIpc) is 2.29. The lowest BCUT2D eigenvalue weighted by Gasteiger charge is -2.22. The zero-order chi connectivity index (χ0) is 14.8. The van der Waals surface area contributed by atoms with Gasteiger partial charge in [-0.15, -0.1) is 0 Å². The molecule has 0 saturated heterocycles. The van der Waals surface area contributed by atoms with Crippen molar-refractivity contribution in [1.29, 1.82) is 0 Å². The molecule has 0 fully saturated rings. The first kappa shape index (κ1) is 15.3. The number of hydrogen-bond acceptors (Lipinski definition) is 3. The molecule has 106 valence electrons. The van der Waals surface area contributed by atoms with E-state index in [1.165, 1.54) is 21.0 Å². The monoisotopic (exact) mass is 277 g/mol. The summed E-state index contributed by atoms with van der Waals surface area (Å²) < 4.78 is 43.1. The number of carbonyl (C=O) groups is 1. The maximum Gasteiger partial charge on any atom is 0.417 e. The van der Waals surface area contributed by atoms with Crippen LogP contribution in [-0.2, 0) is 22.3 Å². The molecule has 1 rings (SSSR count). The van der Waals surface area contributed by atoms with Gasteiger partial charge in [-0.25, -0.2) is 0 Å². The first-order chi connectivity index (χ1) is 8.58. The summed E-state index contributed by atoms with van der Waals surface area (Å²) in [6.07, 6.45) is -3.84. The summed E-state index contributed by atoms with van der Waals surface area (Å²) in [5, 5.41) is 0. The SMILES string of the molecule is COC(=O)C(C)(C)Cn1cc(C(F)(F)F)ccc1=O. The van der Waals surface area contributed by atoms with Gasteiger partial charge >= 0.3 is 12.1 Å². The van der Waals surface area contributed by atoms with Gasteiger partial charge in [0.25, 0.3) is 5.56 Å². The number of rotatable bonds is 3. The third-order valence-corrected chi connectivity index (χ3v) is 2.61. The van der Waals surface area contributed by atoms with E-state index in [0.717, 1.165) is 10.6 Å². The number of esters is 1. The zero-order valence-electron chi connectivity index (χ0n) is 10.7. The lowest BCUT2D eigenvalue weighted by molar-refractivity contribution is -0.151. The van der Waals surface area contributed by atoms with Gasteiger partial charge < -0.3 is 9.30 Å². The first-order valence-electron chi connectivity index (χ1n) is 5.44. The highest BCUT2D eigenvalue weighted by Gasteiger charge is 2.33. The first-order valence-corrected chi connectivity index (χ1v) is 5.44. The highest BCUT2D eigenvalue weighted by atomic mass is 19.4. The molecule has 0 aliphatic heterocycles. The third-order valence-electron chi connectivity index (χ3n) is 2.61. The summed E-state index contributed by atoms with van der Waals surface area (Å²) in [5.74, 6) is -0.600. The molecule has 0 aliphatic carbocycles. The molecule has 0 saturated carbocycles. The van der Waals surface area contributed by atoms with Crippen LogP contribution in [0.4, 0.5) is 13.2 Å². The Morgan fingerprint density at radius 2 is 1.89 bits per heavy atom. The second kappa shape index (κ2) is 5.07. The average molecular weight is 277 g/mol. The molecule has 0 N–H and O–H groups in total. The van der Waals surface area contributed by atoms with Crippen LogP contribution < -0.4 is 5.56 Å². The largest absolute Gasteiger partial charge is 0.469 e. The Morgan fingerprint density at radius 1 is 1.32 bits per heavy atom. The van der Waals surface area contributed by atoms with E-state index < -0.39 is 28.7 Å². The van der Waals surface area contributed by atoms with Gasteiger partial charge in [0.05, 0.1) is 18.1 Å². The molecule has 1 aromatic heterocycles. The van der Waals surface area contributed by atoms with Gasteiger partial charge in [0.2, 0.25) is 0 Å². The van der Waals surface area contributed by atoms with Crippen molar-refractivity contribution >= 4 is 5.97 Å². The highest BCUT2D eigenvalue weighted by molar-refractivity contribution is 5.75. The van der Waals surface area contributed by atoms with Crippen LogP contribution in [0.25, 0.3) is 0 Å². The summed E-state index contributed by atoms with van der Waals surface area (Å²) in [5.41, 5.74) is -2.64. The lowest BCUT2D eigenvalue weighted by Crippen LogP contribution is -2.35. The molecule has 0 aliphatic rings. The van der Waals surface area contributed by atoms with Crippen LogP contribution in [0.1, 0.15) is 19.4 Å². The van der Waals surface area contributed by atoms with Gasteiger partial charge in [-0.2, -0.15) is 13.2 Å². The van der Waals surface area contributed by atoms with E-state index in [-0.39, 0.29) is 6.54 Å². The number of halogens is 3. The molecule has 0 bridgehead atoms. The van der Waals surface area contributed by atoms with Crippen LogP contribution in [0.3, 0.4) is 0 Å². The molecule has 4 nitrogen and oxygen atoms in total. The molecular formula is C12H14F3NO3. The smallest absolute Gasteiger partial charge is 0.417 e. The molecule has 7 heteroatoms. The number of methoxy groups -OCH3 is 1. The van der Waals surface area contributed by atoms with Crippen LogP contribution in [0.15, 0.2) is 23.1 Å². The van der Waals surface area contributed by atoms with Gasteiger partial charge in [-0.1, -0.05) is 0 Å². The summed E-state index contributed by atoms with van der Waals surface area (Å²) in [4.78, 5) is 23.0. The van der Waals surface area contributed by atoms with Crippen molar-refractivity contribution in [3.8, 4) is 0 Å². The maximum absolute atomic E-state index is 12.6. The van der Waals surface area contributed by atoms with Crippen molar-refractivity contribution in [3.05, 3.63) is 34.2 Å². The predicted octanol–water partition coefficient (Wildman–Crippen LogP) is 2.07. The van der Waals surface area contributed by atoms with Crippen molar-refractivity contribution in [2.75, 3.05) is 7.11 Å². The normalized spacial score (nSPS) is 12.3. The molecular weight excluding hydrogens is 263 g/mol. The van der Waals surface area contributed by atoms with Gasteiger partial charge in [0.15, 0.2) is 0 Å². The number of nitrogens with zero attached hydrogens (tertiary/aromatic N) is 1. The number of hydrogen-bond donors (Lipinski definition) is 0. The maximum atomic E-state index is 12.6. The Balaban J connectivity index is 3.15. The molecule has 0 radical (unpaired) electrons. The minimum atomic E-state index is -4.54. The van der Waals surface area contributed by atoms with E-state index in [0.29, 0.717) is 12.3 Å². The fourth-order valence-electron chi connectivity index (χ4n) is 1.59. The minimum Gasteiger partial charge on any atom is -0.469 e. The van der Waals surface area contributed by atoms with E-state index in [2.05, 4.69) is 4.74 Å². The van der Waals surface area contributed by atoms with E-state index in [4.69, 9.17) is 0 Å². The van der Waals surface area contributed by atoms with Gasteiger partial charge in [0, 0.05) is 18.8 Å². The fourth-order valence-corrected chi connectivity index (χ4v) is 1.59. The predicted molar refractivity (Wildman–Crippen MR) is 61.5 cm³/mol. The van der Waals surface area contributed by atoms with E-state index in [9.17, 15) is 22.8 Å². The zero-order valence-corrected chi connectivity index (χ0v) is 10.7. The molecule has 1 aromatic rings. The minimum absolute atomic E-state index is 0.192. The topological polar surface area (TPSA) is 48.3 Å².